The first-order valence-corrected chi connectivity index (χ1v) is 16.1. The average Bonchev–Trinajstić information content (AvgIpc) is 3.55. The minimum absolute atomic E-state index is 0.0525. The van der Waals surface area contributed by atoms with E-state index < -0.39 is 29.8 Å². The molecule has 2 bridgehead atoms. The quantitative estimate of drug-likeness (QED) is 0.254. The van der Waals surface area contributed by atoms with Gasteiger partial charge in [0.15, 0.2) is 11.5 Å². The van der Waals surface area contributed by atoms with Gasteiger partial charge in [0.2, 0.25) is 6.79 Å². The Hall–Kier alpha value is -4.73. The molecule has 1 saturated heterocycles. The predicted molar refractivity (Wildman–Crippen MR) is 172 cm³/mol. The van der Waals surface area contributed by atoms with Gasteiger partial charge in [-0.05, 0) is 86.7 Å². The number of likely N-dealkylation sites (N-methyl/N-ethyl adjacent to an activating group) is 1. The highest BCUT2D eigenvalue weighted by molar-refractivity contribution is 5.87. The number of phenolic OH excluding ortho intramolecular Hbond substituents is 1. The molecular formula is C37H36F3N3O6. The van der Waals surface area contributed by atoms with E-state index in [4.69, 9.17) is 18.9 Å². The molecule has 0 aliphatic carbocycles. The SMILES string of the molecule is COc1c(C)cc2c(c1C)[C@@H]1C3Cc4c(O)c(C)c5c(c4[C@H](COC(=O)/C=C/c4cccc(C(F)(F)F)c4)N3[C@@H](C#N)[C@@H](C2)N1C)OCO5. The van der Waals surface area contributed by atoms with Gasteiger partial charge in [-0.25, -0.2) is 4.79 Å². The van der Waals surface area contributed by atoms with Gasteiger partial charge in [0, 0.05) is 34.9 Å². The number of halogens is 3. The normalized spacial score (nSPS) is 24.2. The first-order chi connectivity index (χ1) is 23.3. The van der Waals surface area contributed by atoms with Crippen molar-refractivity contribution in [3.63, 3.8) is 0 Å². The van der Waals surface area contributed by atoms with Crippen LogP contribution in [-0.4, -0.2) is 66.6 Å². The fraction of sp³-hybridized carbons (Fsp3) is 0.405. The Morgan fingerprint density at radius 1 is 1.10 bits per heavy atom. The average molecular weight is 676 g/mol. The van der Waals surface area contributed by atoms with Crippen LogP contribution in [0.2, 0.25) is 0 Å². The zero-order valence-electron chi connectivity index (χ0n) is 27.7. The first-order valence-electron chi connectivity index (χ1n) is 16.1. The zero-order chi connectivity index (χ0) is 34.9. The third kappa shape index (κ3) is 5.18. The Bertz CT molecular complexity index is 1940. The third-order valence-corrected chi connectivity index (χ3v) is 10.6. The van der Waals surface area contributed by atoms with Gasteiger partial charge in [0.1, 0.15) is 24.1 Å². The monoisotopic (exact) mass is 675 g/mol. The van der Waals surface area contributed by atoms with Crippen molar-refractivity contribution in [2.24, 2.45) is 0 Å². The highest BCUT2D eigenvalue weighted by Crippen LogP contribution is 2.57. The topological polar surface area (TPSA) is 104 Å². The molecule has 0 saturated carbocycles. The minimum Gasteiger partial charge on any atom is -0.507 e. The van der Waals surface area contributed by atoms with E-state index in [0.717, 1.165) is 46.2 Å². The number of piperazine rings is 1. The van der Waals surface area contributed by atoms with Crippen LogP contribution in [0.1, 0.15) is 62.2 Å². The summed E-state index contributed by atoms with van der Waals surface area (Å²) in [5.74, 6) is 0.942. The van der Waals surface area contributed by atoms with Gasteiger partial charge in [-0.1, -0.05) is 18.2 Å². The van der Waals surface area contributed by atoms with Crippen LogP contribution < -0.4 is 14.2 Å². The number of phenols is 1. The van der Waals surface area contributed by atoms with Crippen molar-refractivity contribution >= 4 is 12.0 Å². The summed E-state index contributed by atoms with van der Waals surface area (Å²) in [5.41, 5.74) is 5.44. The van der Waals surface area contributed by atoms with E-state index in [2.05, 4.69) is 21.9 Å². The molecule has 49 heavy (non-hydrogen) atoms. The van der Waals surface area contributed by atoms with E-state index in [9.17, 15) is 28.3 Å². The van der Waals surface area contributed by atoms with Crippen LogP contribution in [-0.2, 0) is 28.5 Å². The molecule has 9 nitrogen and oxygen atoms in total. The van der Waals surface area contributed by atoms with Crippen LogP contribution in [0.3, 0.4) is 0 Å². The van der Waals surface area contributed by atoms with Crippen LogP contribution in [0.4, 0.5) is 13.2 Å². The molecule has 7 rings (SSSR count). The number of fused-ring (bicyclic) bond motifs is 9. The Morgan fingerprint density at radius 3 is 2.57 bits per heavy atom. The van der Waals surface area contributed by atoms with Crippen LogP contribution >= 0.6 is 0 Å². The van der Waals surface area contributed by atoms with Crippen LogP contribution in [0.15, 0.2) is 36.4 Å². The zero-order valence-corrected chi connectivity index (χ0v) is 27.7. The molecule has 3 aromatic rings. The second-order valence-electron chi connectivity index (χ2n) is 13.1. The summed E-state index contributed by atoms with van der Waals surface area (Å²) < 4.78 is 63.1. The number of carbonyl (C=O) groups excluding carboxylic acids is 1. The molecule has 5 atom stereocenters. The number of benzene rings is 3. The van der Waals surface area contributed by atoms with E-state index in [1.807, 2.05) is 20.9 Å². The van der Waals surface area contributed by atoms with Crippen LogP contribution in [0.5, 0.6) is 23.0 Å². The number of methoxy groups -OCH3 is 1. The van der Waals surface area contributed by atoms with Crippen LogP contribution in [0.25, 0.3) is 6.08 Å². The number of hydrogen-bond acceptors (Lipinski definition) is 9. The lowest BCUT2D eigenvalue weighted by molar-refractivity contribution is -0.143. The number of esters is 1. The number of carbonyl (C=O) groups is 1. The lowest BCUT2D eigenvalue weighted by Gasteiger charge is -2.60. The lowest BCUT2D eigenvalue weighted by atomic mass is 9.71. The number of ether oxygens (including phenoxy) is 4. The molecule has 4 aliphatic heterocycles. The second kappa shape index (κ2) is 12.0. The molecule has 0 spiro atoms. The fourth-order valence-electron chi connectivity index (χ4n) is 8.53. The molecule has 1 N–H and O–H groups in total. The van der Waals surface area contributed by atoms with Gasteiger partial charge >= 0.3 is 12.1 Å². The van der Waals surface area contributed by atoms with Crippen molar-refractivity contribution in [1.29, 1.82) is 5.26 Å². The Kier molecular flexibility index (Phi) is 8.03. The number of hydrogen-bond donors (Lipinski definition) is 1. The lowest BCUT2D eigenvalue weighted by Crippen LogP contribution is -2.68. The van der Waals surface area contributed by atoms with E-state index in [-0.39, 0.29) is 42.8 Å². The summed E-state index contributed by atoms with van der Waals surface area (Å²) in [6.45, 7) is 5.56. The molecular weight excluding hydrogens is 639 g/mol. The minimum atomic E-state index is -4.52. The number of nitriles is 1. The molecule has 0 amide bonds. The van der Waals surface area contributed by atoms with Crippen LogP contribution in [0, 0.1) is 32.1 Å². The Balaban J connectivity index is 1.31. The summed E-state index contributed by atoms with van der Waals surface area (Å²) >= 11 is 0. The maximum absolute atomic E-state index is 13.2. The van der Waals surface area contributed by atoms with Crippen molar-refractivity contribution in [2.75, 3.05) is 27.6 Å². The smallest absolute Gasteiger partial charge is 0.416 e. The van der Waals surface area contributed by atoms with Gasteiger partial charge in [-0.3, -0.25) is 9.80 Å². The van der Waals surface area contributed by atoms with E-state index in [0.29, 0.717) is 41.0 Å². The predicted octanol–water partition coefficient (Wildman–Crippen LogP) is 6.10. The van der Waals surface area contributed by atoms with Gasteiger partial charge in [0.25, 0.3) is 0 Å². The second-order valence-corrected chi connectivity index (χ2v) is 13.1. The standard InChI is InChI=1S/C37H36F3N3O6/c1-18-11-22-13-25-27(15-41)43-26(32(42(25)4)30(22)19(2)34(18)46-5)14-24-31(36-35(48-17-49-36)20(3)33(24)45)28(43)16-47-29(44)10-9-21-7-6-8-23(12-21)37(38,39)40/h6-12,25-28,32,45H,13-14,16-17H2,1-5H3/b10-9+/t25-,26?,27+,28+,32+/m1/s1. The molecule has 3 aromatic carbocycles. The van der Waals surface area contributed by atoms with Crippen molar-refractivity contribution in [3.05, 3.63) is 86.5 Å². The van der Waals surface area contributed by atoms with Gasteiger partial charge in [0.05, 0.1) is 30.8 Å². The molecule has 0 radical (unpaired) electrons. The summed E-state index contributed by atoms with van der Waals surface area (Å²) in [6, 6.07) is 7.30. The summed E-state index contributed by atoms with van der Waals surface area (Å²) in [5, 5.41) is 22.4. The van der Waals surface area contributed by atoms with Gasteiger partial charge in [-0.2, -0.15) is 18.4 Å². The Labute approximate surface area is 282 Å². The van der Waals surface area contributed by atoms with E-state index >= 15 is 0 Å². The molecule has 256 valence electrons. The first kappa shape index (κ1) is 32.8. The number of aryl methyl sites for hydroxylation is 1. The molecule has 1 unspecified atom stereocenters. The van der Waals surface area contributed by atoms with Gasteiger partial charge < -0.3 is 24.1 Å². The van der Waals surface area contributed by atoms with Crippen molar-refractivity contribution in [2.45, 2.75) is 70.0 Å². The highest BCUT2D eigenvalue weighted by Gasteiger charge is 2.56. The summed E-state index contributed by atoms with van der Waals surface area (Å²) in [7, 11) is 3.68. The number of nitrogens with zero attached hydrogens (tertiary/aromatic N) is 3. The molecule has 4 aliphatic rings. The largest absolute Gasteiger partial charge is 0.507 e. The van der Waals surface area contributed by atoms with E-state index in [1.165, 1.54) is 18.2 Å². The van der Waals surface area contributed by atoms with Crippen molar-refractivity contribution in [3.8, 4) is 29.1 Å². The summed E-state index contributed by atoms with van der Waals surface area (Å²) in [6.07, 6.45) is -1.17. The van der Waals surface area contributed by atoms with E-state index in [1.54, 1.807) is 14.0 Å². The summed E-state index contributed by atoms with van der Waals surface area (Å²) in [4.78, 5) is 17.5. The molecule has 0 aromatic heterocycles. The number of aromatic hydroxyl groups is 1. The number of rotatable bonds is 5. The van der Waals surface area contributed by atoms with Gasteiger partial charge in [-0.15, -0.1) is 0 Å². The third-order valence-electron chi connectivity index (χ3n) is 10.6. The van der Waals surface area contributed by atoms with Crippen molar-refractivity contribution in [1.82, 2.24) is 9.80 Å². The van der Waals surface area contributed by atoms with Crippen molar-refractivity contribution < 1.29 is 42.0 Å². The molecule has 12 heteroatoms. The Morgan fingerprint density at radius 2 is 1.86 bits per heavy atom. The molecule has 4 heterocycles. The molecule has 1 fully saturated rings. The maximum Gasteiger partial charge on any atom is 0.416 e. The highest BCUT2D eigenvalue weighted by atomic mass is 19.4. The maximum atomic E-state index is 13.2. The number of alkyl halides is 3. The fourth-order valence-corrected chi connectivity index (χ4v) is 8.53.